The molecule has 3 rings (SSSR count). The minimum Gasteiger partial charge on any atom is -0.493 e. The van der Waals surface area contributed by atoms with Crippen molar-refractivity contribution in [2.75, 3.05) is 18.6 Å². The van der Waals surface area contributed by atoms with Gasteiger partial charge in [0.25, 0.3) is 0 Å². The highest BCUT2D eigenvalue weighted by atomic mass is 32.2. The van der Waals surface area contributed by atoms with Crippen molar-refractivity contribution in [1.29, 1.82) is 0 Å². The molecule has 2 aromatic heterocycles. The Morgan fingerprint density at radius 2 is 2.05 bits per heavy atom. The number of nitrogens with zero attached hydrogens (tertiary/aromatic N) is 4. The van der Waals surface area contributed by atoms with Gasteiger partial charge in [0, 0.05) is 17.0 Å². The van der Waals surface area contributed by atoms with Crippen LogP contribution in [0.2, 0.25) is 0 Å². The Hall–Kier alpha value is -2.35. The van der Waals surface area contributed by atoms with Crippen molar-refractivity contribution in [3.63, 3.8) is 0 Å². The van der Waals surface area contributed by atoms with Crippen LogP contribution in [0.5, 0.6) is 5.75 Å². The van der Waals surface area contributed by atoms with Gasteiger partial charge in [-0.1, -0.05) is 5.21 Å². The highest BCUT2D eigenvalue weighted by molar-refractivity contribution is 7.98. The second-order valence-corrected chi connectivity index (χ2v) is 5.63. The van der Waals surface area contributed by atoms with Gasteiger partial charge in [-0.3, -0.25) is 5.10 Å². The van der Waals surface area contributed by atoms with Gasteiger partial charge in [-0.05, 0) is 36.6 Å². The van der Waals surface area contributed by atoms with E-state index in [1.807, 2.05) is 30.3 Å². The van der Waals surface area contributed by atoms with Crippen molar-refractivity contribution in [3.05, 3.63) is 41.9 Å². The van der Waals surface area contributed by atoms with Crippen LogP contribution >= 0.6 is 11.8 Å². The Morgan fingerprint density at radius 1 is 1.18 bits per heavy atom. The lowest BCUT2D eigenvalue weighted by molar-refractivity contribution is 0.344. The summed E-state index contributed by atoms with van der Waals surface area (Å²) in [6.07, 6.45) is 2.63. The van der Waals surface area contributed by atoms with Crippen molar-refractivity contribution in [1.82, 2.24) is 30.8 Å². The highest BCUT2D eigenvalue weighted by Gasteiger charge is 2.07. The maximum absolute atomic E-state index is 5.64. The summed E-state index contributed by atoms with van der Waals surface area (Å²) in [6.45, 7) is 0.720. The first-order valence-corrected chi connectivity index (χ1v) is 8.23. The van der Waals surface area contributed by atoms with E-state index in [1.54, 1.807) is 11.8 Å². The summed E-state index contributed by atoms with van der Waals surface area (Å²) in [5.41, 5.74) is 2.86. The van der Waals surface area contributed by atoms with E-state index in [2.05, 4.69) is 37.1 Å². The maximum Gasteiger partial charge on any atom is 0.180 e. The van der Waals surface area contributed by atoms with Gasteiger partial charge < -0.3 is 4.74 Å². The normalized spacial score (nSPS) is 10.8. The number of H-pyrrole nitrogens is 2. The minimum atomic E-state index is 0.569. The van der Waals surface area contributed by atoms with E-state index in [-0.39, 0.29) is 0 Å². The smallest absolute Gasteiger partial charge is 0.180 e. The van der Waals surface area contributed by atoms with Crippen LogP contribution in [0.15, 0.2) is 30.3 Å². The van der Waals surface area contributed by atoms with Crippen LogP contribution in [0.25, 0.3) is 11.3 Å². The van der Waals surface area contributed by atoms with Gasteiger partial charge in [-0.25, -0.2) is 0 Å². The Morgan fingerprint density at radius 3 is 2.77 bits per heavy atom. The van der Waals surface area contributed by atoms with Crippen LogP contribution < -0.4 is 4.74 Å². The standard InChI is InChI=1S/C14H16N6OS/c1-22-7-6-21-12-4-2-10(3-5-12)13-8-11(15-16-13)9-14-17-19-20-18-14/h2-5,8H,6-7,9H2,1H3,(H,15,16)(H,17,18,19,20). The molecule has 0 atom stereocenters. The third kappa shape index (κ3) is 3.64. The van der Waals surface area contributed by atoms with Crippen LogP contribution in [0, 0.1) is 0 Å². The molecule has 2 N–H and O–H groups in total. The topological polar surface area (TPSA) is 92.4 Å². The Balaban J connectivity index is 1.65. The zero-order valence-corrected chi connectivity index (χ0v) is 12.9. The molecule has 0 spiro atoms. The number of aromatic amines is 2. The van der Waals surface area contributed by atoms with Crippen molar-refractivity contribution >= 4 is 11.8 Å². The van der Waals surface area contributed by atoms with Gasteiger partial charge in [-0.15, -0.1) is 10.2 Å². The second kappa shape index (κ2) is 7.08. The predicted octanol–water partition coefficient (Wildman–Crippen LogP) is 1.92. The molecule has 0 unspecified atom stereocenters. The number of thioether (sulfide) groups is 1. The molecular weight excluding hydrogens is 300 g/mol. The van der Waals surface area contributed by atoms with E-state index in [0.29, 0.717) is 12.2 Å². The fourth-order valence-electron chi connectivity index (χ4n) is 1.99. The molecule has 7 nitrogen and oxygen atoms in total. The Labute approximate surface area is 131 Å². The van der Waals surface area contributed by atoms with Gasteiger partial charge in [0.2, 0.25) is 0 Å². The quantitative estimate of drug-likeness (QED) is 0.647. The predicted molar refractivity (Wildman–Crippen MR) is 84.9 cm³/mol. The summed E-state index contributed by atoms with van der Waals surface area (Å²) in [4.78, 5) is 0. The molecule has 114 valence electrons. The molecule has 0 aliphatic carbocycles. The lowest BCUT2D eigenvalue weighted by Crippen LogP contribution is -1.99. The molecule has 0 saturated carbocycles. The monoisotopic (exact) mass is 316 g/mol. The van der Waals surface area contributed by atoms with E-state index < -0.39 is 0 Å². The molecule has 0 fully saturated rings. The van der Waals surface area contributed by atoms with Gasteiger partial charge in [0.15, 0.2) is 5.82 Å². The summed E-state index contributed by atoms with van der Waals surface area (Å²) in [7, 11) is 0. The van der Waals surface area contributed by atoms with E-state index in [9.17, 15) is 0 Å². The molecule has 0 saturated heterocycles. The molecule has 2 heterocycles. The summed E-state index contributed by atoms with van der Waals surface area (Å²) < 4.78 is 5.64. The van der Waals surface area contributed by atoms with Gasteiger partial charge in [-0.2, -0.15) is 22.1 Å². The zero-order valence-electron chi connectivity index (χ0n) is 12.1. The lowest BCUT2D eigenvalue weighted by Gasteiger charge is -2.05. The fourth-order valence-corrected chi connectivity index (χ4v) is 2.24. The van der Waals surface area contributed by atoms with E-state index in [4.69, 9.17) is 4.74 Å². The first-order chi connectivity index (χ1) is 10.8. The molecule has 0 aliphatic rings. The molecule has 1 aromatic carbocycles. The van der Waals surface area contributed by atoms with E-state index >= 15 is 0 Å². The average Bonchev–Trinajstić information content (AvgIpc) is 3.21. The molecule has 22 heavy (non-hydrogen) atoms. The number of hydrogen-bond donors (Lipinski definition) is 2. The number of rotatable bonds is 7. The van der Waals surface area contributed by atoms with Gasteiger partial charge in [0.1, 0.15) is 5.75 Å². The number of tetrazole rings is 1. The van der Waals surface area contributed by atoms with Crippen LogP contribution in [-0.2, 0) is 6.42 Å². The summed E-state index contributed by atoms with van der Waals surface area (Å²) in [5.74, 6) is 2.49. The van der Waals surface area contributed by atoms with Crippen molar-refractivity contribution in [2.45, 2.75) is 6.42 Å². The van der Waals surface area contributed by atoms with Crippen LogP contribution in [0.4, 0.5) is 0 Å². The molecule has 8 heteroatoms. The maximum atomic E-state index is 5.64. The average molecular weight is 316 g/mol. The first kappa shape index (κ1) is 14.6. The molecule has 0 aliphatic heterocycles. The number of nitrogens with one attached hydrogen (secondary N) is 2. The van der Waals surface area contributed by atoms with Gasteiger partial charge in [0.05, 0.1) is 18.7 Å². The first-order valence-electron chi connectivity index (χ1n) is 6.84. The van der Waals surface area contributed by atoms with Crippen LogP contribution in [-0.4, -0.2) is 49.4 Å². The molecule has 0 radical (unpaired) electrons. The summed E-state index contributed by atoms with van der Waals surface area (Å²) in [6, 6.07) is 9.91. The SMILES string of the molecule is CSCCOc1ccc(-c2cc(Cc3nn[nH]n3)[nH]n2)cc1. The lowest BCUT2D eigenvalue weighted by atomic mass is 10.1. The summed E-state index contributed by atoms with van der Waals surface area (Å²) >= 11 is 1.77. The fraction of sp³-hybridized carbons (Fsp3) is 0.286. The zero-order chi connectivity index (χ0) is 15.2. The highest BCUT2D eigenvalue weighted by Crippen LogP contribution is 2.21. The number of ether oxygens (including phenoxy) is 1. The van der Waals surface area contributed by atoms with E-state index in [0.717, 1.165) is 35.1 Å². The van der Waals surface area contributed by atoms with Crippen molar-refractivity contribution in [2.24, 2.45) is 0 Å². The largest absolute Gasteiger partial charge is 0.493 e. The third-order valence-corrected chi connectivity index (χ3v) is 3.65. The molecule has 0 bridgehead atoms. The van der Waals surface area contributed by atoms with Crippen molar-refractivity contribution < 1.29 is 4.74 Å². The Kier molecular flexibility index (Phi) is 4.69. The summed E-state index contributed by atoms with van der Waals surface area (Å²) in [5, 5.41) is 21.1. The molecular formula is C14H16N6OS. The van der Waals surface area contributed by atoms with Gasteiger partial charge >= 0.3 is 0 Å². The van der Waals surface area contributed by atoms with E-state index in [1.165, 1.54) is 0 Å². The van der Waals surface area contributed by atoms with Crippen molar-refractivity contribution in [3.8, 4) is 17.0 Å². The number of aromatic nitrogens is 6. The van der Waals surface area contributed by atoms with Crippen LogP contribution in [0.3, 0.4) is 0 Å². The second-order valence-electron chi connectivity index (χ2n) is 4.65. The number of hydrogen-bond acceptors (Lipinski definition) is 6. The third-order valence-electron chi connectivity index (χ3n) is 3.07. The molecule has 0 amide bonds. The van der Waals surface area contributed by atoms with Crippen LogP contribution in [0.1, 0.15) is 11.5 Å². The Bertz CT molecular complexity index is 694. The minimum absolute atomic E-state index is 0.569. The number of benzene rings is 1. The molecule has 3 aromatic rings.